The average Bonchev–Trinajstić information content (AvgIpc) is 3.12. The van der Waals surface area contributed by atoms with Crippen molar-refractivity contribution in [2.24, 2.45) is 0 Å². The predicted octanol–water partition coefficient (Wildman–Crippen LogP) is 4.26. The van der Waals surface area contributed by atoms with Crippen LogP contribution in [-0.2, 0) is 0 Å². The monoisotopic (exact) mass is 390 g/mol. The lowest BCUT2D eigenvalue weighted by Crippen LogP contribution is -2.03. The number of aryl methyl sites for hydroxylation is 2. The Morgan fingerprint density at radius 3 is 2.27 bits per heavy atom. The van der Waals surface area contributed by atoms with E-state index < -0.39 is 0 Å². The van der Waals surface area contributed by atoms with Gasteiger partial charge in [0.2, 0.25) is 19.8 Å². The quantitative estimate of drug-likeness (QED) is 0.523. The van der Waals surface area contributed by atoms with Crippen LogP contribution in [0.1, 0.15) is 22.3 Å². The molecule has 2 radical (unpaired) electrons. The van der Waals surface area contributed by atoms with E-state index >= 15 is 0 Å². The molecule has 0 spiro atoms. The Kier molecular flexibility index (Phi) is 4.83. The molecule has 0 saturated heterocycles. The van der Waals surface area contributed by atoms with Crippen molar-refractivity contribution in [2.45, 2.75) is 13.8 Å². The lowest BCUT2D eigenvalue weighted by Gasteiger charge is -2.14. The van der Waals surface area contributed by atoms with Crippen molar-refractivity contribution in [1.29, 1.82) is 10.5 Å². The molecule has 4 aromatic rings. The Morgan fingerprint density at radius 1 is 0.967 bits per heavy atom. The SMILES string of the molecule is [B]n1ccc2c(Oc3c(C)cc(C#N)cc3C)nc(Nc3ccc(C#N)cc3)nc21. The molecule has 0 atom stereocenters. The molecule has 7 nitrogen and oxygen atoms in total. The van der Waals surface area contributed by atoms with Gasteiger partial charge in [-0.15, -0.1) is 0 Å². The van der Waals surface area contributed by atoms with Crippen molar-refractivity contribution in [3.63, 3.8) is 0 Å². The van der Waals surface area contributed by atoms with Gasteiger partial charge in [0, 0.05) is 5.69 Å². The first kappa shape index (κ1) is 19.0. The van der Waals surface area contributed by atoms with Gasteiger partial charge in [-0.1, -0.05) is 0 Å². The maximum absolute atomic E-state index is 9.17. The van der Waals surface area contributed by atoms with Gasteiger partial charge >= 0.3 is 0 Å². The molecule has 142 valence electrons. The summed E-state index contributed by atoms with van der Waals surface area (Å²) < 4.78 is 7.56. The zero-order chi connectivity index (χ0) is 21.3. The van der Waals surface area contributed by atoms with Crippen molar-refractivity contribution in [3.05, 3.63) is 70.9 Å². The van der Waals surface area contributed by atoms with Gasteiger partial charge in [0.05, 0.1) is 28.7 Å². The second-order valence-corrected chi connectivity index (χ2v) is 6.78. The highest BCUT2D eigenvalue weighted by atomic mass is 16.5. The highest BCUT2D eigenvalue weighted by Crippen LogP contribution is 2.33. The third-order valence-electron chi connectivity index (χ3n) is 4.60. The minimum Gasteiger partial charge on any atom is -0.438 e. The number of hydrogen-bond acceptors (Lipinski definition) is 6. The molecule has 0 bridgehead atoms. The van der Waals surface area contributed by atoms with E-state index in [1.165, 1.54) is 4.48 Å². The molecule has 4 rings (SSSR count). The van der Waals surface area contributed by atoms with Crippen LogP contribution in [-0.4, -0.2) is 22.4 Å². The number of hydrogen-bond donors (Lipinski definition) is 1. The first-order valence-corrected chi connectivity index (χ1v) is 9.09. The minimum atomic E-state index is 0.302. The van der Waals surface area contributed by atoms with Gasteiger partial charge in [0.1, 0.15) is 11.4 Å². The third kappa shape index (κ3) is 3.55. The van der Waals surface area contributed by atoms with Crippen LogP contribution in [0.2, 0.25) is 0 Å². The summed E-state index contributed by atoms with van der Waals surface area (Å²) in [5.74, 6) is 1.27. The summed E-state index contributed by atoms with van der Waals surface area (Å²) in [4.78, 5) is 9.00. The van der Waals surface area contributed by atoms with Crippen molar-refractivity contribution >= 4 is 30.7 Å². The Labute approximate surface area is 174 Å². The molecule has 30 heavy (non-hydrogen) atoms. The van der Waals surface area contributed by atoms with Crippen LogP contribution < -0.4 is 10.1 Å². The fourth-order valence-electron chi connectivity index (χ4n) is 3.17. The lowest BCUT2D eigenvalue weighted by atomic mass is 10.1. The van der Waals surface area contributed by atoms with Crippen molar-refractivity contribution < 1.29 is 4.74 Å². The van der Waals surface area contributed by atoms with E-state index in [1.54, 1.807) is 48.7 Å². The van der Waals surface area contributed by atoms with Crippen LogP contribution in [0.5, 0.6) is 11.6 Å². The summed E-state index contributed by atoms with van der Waals surface area (Å²) in [5.41, 5.74) is 4.00. The largest absolute Gasteiger partial charge is 0.438 e. The zero-order valence-corrected chi connectivity index (χ0v) is 16.3. The Hall–Kier alpha value is -4.30. The van der Waals surface area contributed by atoms with Crippen molar-refractivity contribution in [3.8, 4) is 23.8 Å². The third-order valence-corrected chi connectivity index (χ3v) is 4.60. The first-order valence-electron chi connectivity index (χ1n) is 9.09. The van der Waals surface area contributed by atoms with Crippen LogP contribution in [0, 0.1) is 36.5 Å². The van der Waals surface area contributed by atoms with Crippen LogP contribution >= 0.6 is 0 Å². The van der Waals surface area contributed by atoms with Gasteiger partial charge in [-0.25, -0.2) is 0 Å². The Bertz CT molecular complexity index is 1320. The van der Waals surface area contributed by atoms with E-state index in [0.29, 0.717) is 39.7 Å². The normalized spacial score (nSPS) is 10.4. The van der Waals surface area contributed by atoms with E-state index in [4.69, 9.17) is 23.2 Å². The highest BCUT2D eigenvalue weighted by Gasteiger charge is 2.15. The van der Waals surface area contributed by atoms with E-state index in [-0.39, 0.29) is 0 Å². The molecule has 8 heteroatoms. The van der Waals surface area contributed by atoms with Crippen molar-refractivity contribution in [2.75, 3.05) is 5.32 Å². The molecule has 2 aromatic carbocycles. The number of nitriles is 2. The summed E-state index contributed by atoms with van der Waals surface area (Å²) in [6, 6.07) is 16.5. The van der Waals surface area contributed by atoms with E-state index in [9.17, 15) is 0 Å². The molecular formula is C22H15BN6O. The molecule has 0 aliphatic heterocycles. The lowest BCUT2D eigenvalue weighted by molar-refractivity contribution is 0.462. The number of anilines is 2. The maximum Gasteiger partial charge on any atom is 0.236 e. The van der Waals surface area contributed by atoms with E-state index in [1.807, 2.05) is 13.8 Å². The number of nitrogens with zero attached hydrogens (tertiary/aromatic N) is 5. The van der Waals surface area contributed by atoms with Crippen LogP contribution in [0.15, 0.2) is 48.7 Å². The molecule has 0 saturated carbocycles. The summed E-state index contributed by atoms with van der Waals surface area (Å²) in [6.45, 7) is 3.76. The molecule has 0 aliphatic carbocycles. The molecule has 2 aromatic heterocycles. The molecular weight excluding hydrogens is 375 g/mol. The first-order chi connectivity index (χ1) is 14.5. The number of aromatic nitrogens is 3. The number of fused-ring (bicyclic) bond motifs is 1. The van der Waals surface area contributed by atoms with Gasteiger partial charge in [0.25, 0.3) is 0 Å². The molecule has 1 N–H and O–H groups in total. The summed E-state index contributed by atoms with van der Waals surface area (Å²) in [6.07, 6.45) is 1.68. The van der Waals surface area contributed by atoms with E-state index in [2.05, 4.69) is 27.4 Å². The summed E-state index contributed by atoms with van der Waals surface area (Å²) in [7, 11) is 6.01. The number of nitrogens with one attached hydrogen (secondary N) is 1. The second-order valence-electron chi connectivity index (χ2n) is 6.78. The highest BCUT2D eigenvalue weighted by molar-refractivity contribution is 6.11. The van der Waals surface area contributed by atoms with Gasteiger partial charge in [0.15, 0.2) is 0 Å². The second kappa shape index (κ2) is 7.61. The summed E-state index contributed by atoms with van der Waals surface area (Å²) in [5, 5.41) is 21.9. The molecule has 0 unspecified atom stereocenters. The smallest absolute Gasteiger partial charge is 0.236 e. The Morgan fingerprint density at radius 2 is 1.63 bits per heavy atom. The van der Waals surface area contributed by atoms with Gasteiger partial charge in [-0.3, -0.25) is 0 Å². The fourth-order valence-corrected chi connectivity index (χ4v) is 3.17. The number of ether oxygens (including phenoxy) is 1. The van der Waals surface area contributed by atoms with Gasteiger partial charge < -0.3 is 14.5 Å². The van der Waals surface area contributed by atoms with Gasteiger partial charge in [-0.2, -0.15) is 20.5 Å². The number of benzene rings is 2. The number of rotatable bonds is 4. The van der Waals surface area contributed by atoms with Crippen molar-refractivity contribution in [1.82, 2.24) is 14.4 Å². The average molecular weight is 390 g/mol. The zero-order valence-electron chi connectivity index (χ0n) is 16.3. The summed E-state index contributed by atoms with van der Waals surface area (Å²) >= 11 is 0. The van der Waals surface area contributed by atoms with Crippen LogP contribution in [0.3, 0.4) is 0 Å². The topological polar surface area (TPSA) is 99.5 Å². The minimum absolute atomic E-state index is 0.302. The molecule has 0 fully saturated rings. The van der Waals surface area contributed by atoms with Gasteiger partial charge in [-0.05, 0) is 73.6 Å². The molecule has 2 heterocycles. The van der Waals surface area contributed by atoms with Crippen LogP contribution in [0.4, 0.5) is 11.6 Å². The standard InChI is InChI=1S/C22H15BN6O/c1-13-9-16(12-25)10-14(2)19(13)30-21-18-7-8-29(23)20(18)27-22(28-21)26-17-5-3-15(11-24)4-6-17/h3-10H,1-2H3,(H,26,27,28). The predicted molar refractivity (Wildman–Crippen MR) is 114 cm³/mol. The fraction of sp³-hybridized carbons (Fsp3) is 0.0909. The molecule has 0 aliphatic rings. The van der Waals surface area contributed by atoms with Crippen LogP contribution in [0.25, 0.3) is 11.0 Å². The maximum atomic E-state index is 9.17. The van der Waals surface area contributed by atoms with E-state index in [0.717, 1.165) is 16.8 Å². The molecule has 0 amide bonds. The Balaban J connectivity index is 1.76.